The molecule has 0 aliphatic carbocycles. The van der Waals surface area contributed by atoms with Gasteiger partial charge in [-0.25, -0.2) is 0 Å². The average Bonchev–Trinajstić information content (AvgIpc) is 2.19. The minimum atomic E-state index is 0.0139. The molecule has 0 aromatic carbocycles. The van der Waals surface area contributed by atoms with E-state index in [0.29, 0.717) is 5.57 Å². The number of carbonyl (C=O) groups excluding carboxylic acids is 1. The van der Waals surface area contributed by atoms with Gasteiger partial charge in [-0.1, -0.05) is 12.7 Å². The Labute approximate surface area is 61.6 Å². The van der Waals surface area contributed by atoms with Gasteiger partial charge in [-0.2, -0.15) is 0 Å². The molecule has 0 aromatic heterocycles. The maximum atomic E-state index is 10.4. The van der Waals surface area contributed by atoms with Crippen LogP contribution in [0, 0.1) is 0 Å². The number of allylic oxidation sites excluding steroid dienone is 1. The third-order valence-corrected chi connectivity index (χ3v) is 1.03. The normalized spacial score (nSPS) is 15.3. The maximum absolute atomic E-state index is 10.4. The highest BCUT2D eigenvalue weighted by Gasteiger charge is 2.11. The van der Waals surface area contributed by atoms with Crippen LogP contribution in [0.4, 0.5) is 0 Å². The van der Waals surface area contributed by atoms with Crippen LogP contribution >= 0.6 is 0 Å². The SMILES string of the molecule is C=C1CCNC1=O.C=CC. The lowest BCUT2D eigenvalue weighted by Crippen LogP contribution is -2.13. The Morgan fingerprint density at radius 1 is 1.70 bits per heavy atom. The van der Waals surface area contributed by atoms with Crippen LogP contribution in [0.25, 0.3) is 0 Å². The summed E-state index contributed by atoms with van der Waals surface area (Å²) in [6.45, 7) is 9.55. The van der Waals surface area contributed by atoms with E-state index in [-0.39, 0.29) is 5.91 Å². The van der Waals surface area contributed by atoms with Crippen LogP contribution in [-0.4, -0.2) is 12.5 Å². The highest BCUT2D eigenvalue weighted by Crippen LogP contribution is 2.01. The van der Waals surface area contributed by atoms with Crippen molar-refractivity contribution in [1.29, 1.82) is 0 Å². The number of hydrogen-bond donors (Lipinski definition) is 1. The van der Waals surface area contributed by atoms with E-state index in [1.165, 1.54) is 0 Å². The van der Waals surface area contributed by atoms with Gasteiger partial charge in [-0.15, -0.1) is 6.58 Å². The lowest BCUT2D eigenvalue weighted by atomic mass is 10.3. The second-order valence-electron chi connectivity index (χ2n) is 2.02. The molecule has 56 valence electrons. The van der Waals surface area contributed by atoms with E-state index in [0.717, 1.165) is 13.0 Å². The molecular weight excluding hydrogens is 126 g/mol. The van der Waals surface area contributed by atoms with Crippen molar-refractivity contribution < 1.29 is 4.79 Å². The van der Waals surface area contributed by atoms with Crippen molar-refractivity contribution in [2.75, 3.05) is 6.54 Å². The Bertz CT molecular complexity index is 135. The standard InChI is InChI=1S/C5H7NO.C3H6/c1-4-2-3-6-5(4)7;1-3-2/h1-3H2,(H,6,7);3H,1H2,2H3. The molecule has 1 aliphatic heterocycles. The molecule has 0 radical (unpaired) electrons. The molecule has 2 nitrogen and oxygen atoms in total. The van der Waals surface area contributed by atoms with Gasteiger partial charge in [0, 0.05) is 12.1 Å². The number of amides is 1. The van der Waals surface area contributed by atoms with E-state index in [9.17, 15) is 4.79 Å². The summed E-state index contributed by atoms with van der Waals surface area (Å²) in [4.78, 5) is 10.4. The van der Waals surface area contributed by atoms with Gasteiger partial charge in [0.05, 0.1) is 0 Å². The van der Waals surface area contributed by atoms with Gasteiger partial charge in [0.15, 0.2) is 0 Å². The zero-order valence-corrected chi connectivity index (χ0v) is 6.31. The van der Waals surface area contributed by atoms with Crippen molar-refractivity contribution in [1.82, 2.24) is 5.32 Å². The molecule has 0 aromatic rings. The molecule has 1 N–H and O–H groups in total. The summed E-state index contributed by atoms with van der Waals surface area (Å²) in [5, 5.41) is 2.63. The van der Waals surface area contributed by atoms with E-state index in [1.807, 2.05) is 6.92 Å². The summed E-state index contributed by atoms with van der Waals surface area (Å²) in [6.07, 6.45) is 2.57. The fraction of sp³-hybridized carbons (Fsp3) is 0.375. The second kappa shape index (κ2) is 4.79. The molecule has 0 bridgehead atoms. The van der Waals surface area contributed by atoms with Crippen molar-refractivity contribution in [3.05, 3.63) is 24.8 Å². The number of hydrogen-bond acceptors (Lipinski definition) is 1. The summed E-state index contributed by atoms with van der Waals surface area (Å²) in [7, 11) is 0. The van der Waals surface area contributed by atoms with Gasteiger partial charge in [-0.3, -0.25) is 4.79 Å². The van der Waals surface area contributed by atoms with Gasteiger partial charge in [-0.05, 0) is 13.3 Å². The van der Waals surface area contributed by atoms with Crippen LogP contribution < -0.4 is 5.32 Å². The minimum absolute atomic E-state index is 0.0139. The van der Waals surface area contributed by atoms with E-state index in [4.69, 9.17) is 0 Å². The average molecular weight is 139 g/mol. The highest BCUT2D eigenvalue weighted by atomic mass is 16.1. The van der Waals surface area contributed by atoms with Crippen LogP contribution in [0.1, 0.15) is 13.3 Å². The molecule has 1 amide bonds. The first-order valence-corrected chi connectivity index (χ1v) is 3.25. The molecule has 0 spiro atoms. The monoisotopic (exact) mass is 139 g/mol. The number of rotatable bonds is 0. The van der Waals surface area contributed by atoms with Crippen molar-refractivity contribution in [3.63, 3.8) is 0 Å². The Balaban J connectivity index is 0.000000236. The van der Waals surface area contributed by atoms with Crippen molar-refractivity contribution in [2.24, 2.45) is 0 Å². The van der Waals surface area contributed by atoms with Crippen LogP contribution in [0.15, 0.2) is 24.8 Å². The molecule has 1 fully saturated rings. The van der Waals surface area contributed by atoms with Crippen molar-refractivity contribution in [2.45, 2.75) is 13.3 Å². The summed E-state index contributed by atoms with van der Waals surface area (Å²) in [5.41, 5.74) is 0.708. The third-order valence-electron chi connectivity index (χ3n) is 1.03. The Kier molecular flexibility index (Phi) is 4.29. The lowest BCUT2D eigenvalue weighted by Gasteiger charge is -1.82. The summed E-state index contributed by atoms with van der Waals surface area (Å²) < 4.78 is 0. The smallest absolute Gasteiger partial charge is 0.246 e. The molecule has 1 rings (SSSR count). The zero-order valence-electron chi connectivity index (χ0n) is 6.31. The summed E-state index contributed by atoms with van der Waals surface area (Å²) in [6, 6.07) is 0. The van der Waals surface area contributed by atoms with Crippen LogP contribution in [0.2, 0.25) is 0 Å². The van der Waals surface area contributed by atoms with E-state index in [2.05, 4.69) is 18.5 Å². The van der Waals surface area contributed by atoms with Gasteiger partial charge in [0.2, 0.25) is 5.91 Å². The molecule has 1 saturated heterocycles. The Morgan fingerprint density at radius 3 is 2.30 bits per heavy atom. The first-order valence-electron chi connectivity index (χ1n) is 3.25. The maximum Gasteiger partial charge on any atom is 0.246 e. The summed E-state index contributed by atoms with van der Waals surface area (Å²) in [5.74, 6) is 0.0139. The topological polar surface area (TPSA) is 29.1 Å². The van der Waals surface area contributed by atoms with Crippen LogP contribution in [-0.2, 0) is 4.79 Å². The van der Waals surface area contributed by atoms with Gasteiger partial charge in [0.25, 0.3) is 0 Å². The van der Waals surface area contributed by atoms with Gasteiger partial charge in [0.1, 0.15) is 0 Å². The summed E-state index contributed by atoms with van der Waals surface area (Å²) >= 11 is 0. The lowest BCUT2D eigenvalue weighted by molar-refractivity contribution is -0.116. The van der Waals surface area contributed by atoms with E-state index < -0.39 is 0 Å². The molecular formula is C8H13NO. The predicted octanol–water partition coefficient (Wildman–Crippen LogP) is 1.25. The number of nitrogens with one attached hydrogen (secondary N) is 1. The quantitative estimate of drug-likeness (QED) is 0.397. The van der Waals surface area contributed by atoms with Crippen LogP contribution in [0.5, 0.6) is 0 Å². The fourth-order valence-corrected chi connectivity index (χ4v) is 0.565. The van der Waals surface area contributed by atoms with E-state index >= 15 is 0 Å². The zero-order chi connectivity index (χ0) is 7.98. The van der Waals surface area contributed by atoms with Gasteiger partial charge >= 0.3 is 0 Å². The molecule has 0 unspecified atom stereocenters. The molecule has 10 heavy (non-hydrogen) atoms. The van der Waals surface area contributed by atoms with Gasteiger partial charge < -0.3 is 5.32 Å². The van der Waals surface area contributed by atoms with E-state index in [1.54, 1.807) is 6.08 Å². The largest absolute Gasteiger partial charge is 0.352 e. The first-order chi connectivity index (χ1) is 4.72. The first kappa shape index (κ1) is 8.95. The molecule has 2 heteroatoms. The van der Waals surface area contributed by atoms with Crippen molar-refractivity contribution in [3.8, 4) is 0 Å². The highest BCUT2D eigenvalue weighted by molar-refractivity contribution is 5.94. The Morgan fingerprint density at radius 2 is 2.20 bits per heavy atom. The fourth-order valence-electron chi connectivity index (χ4n) is 0.565. The third kappa shape index (κ3) is 3.07. The number of carbonyl (C=O) groups is 1. The van der Waals surface area contributed by atoms with Crippen molar-refractivity contribution >= 4 is 5.91 Å². The molecule has 0 atom stereocenters. The minimum Gasteiger partial charge on any atom is -0.352 e. The Hall–Kier alpha value is -1.05. The second-order valence-corrected chi connectivity index (χ2v) is 2.02. The van der Waals surface area contributed by atoms with Crippen LogP contribution in [0.3, 0.4) is 0 Å². The molecule has 0 saturated carbocycles. The predicted molar refractivity (Wildman–Crippen MR) is 42.6 cm³/mol. The molecule has 1 aliphatic rings. The molecule has 1 heterocycles.